The molecule has 0 fully saturated rings. The Morgan fingerprint density at radius 2 is 1.26 bits per heavy atom. The van der Waals surface area contributed by atoms with Crippen molar-refractivity contribution in [1.29, 1.82) is 0 Å². The lowest BCUT2D eigenvalue weighted by Crippen LogP contribution is -2.37. The molecule has 2 atom stereocenters. The van der Waals surface area contributed by atoms with Gasteiger partial charge in [0.25, 0.3) is 0 Å². The molecule has 0 aromatic carbocycles. The monoisotopic (exact) mass is 492 g/mol. The van der Waals surface area contributed by atoms with E-state index in [4.69, 9.17) is 19.7 Å². The summed E-state index contributed by atoms with van der Waals surface area (Å²) in [5.74, 6) is 0.775. The molecule has 0 radical (unpaired) electrons. The lowest BCUT2D eigenvalue weighted by molar-refractivity contribution is 0.0197. The molecule has 2 amide bonds. The summed E-state index contributed by atoms with van der Waals surface area (Å²) in [6, 6.07) is 0. The SMILES string of the molecule is CC(C)CCCCCCCCCCN(CCCNC(=O)OCC(O)CO)C(=O)OCC(O)CO. The van der Waals surface area contributed by atoms with E-state index in [2.05, 4.69) is 19.2 Å². The molecule has 0 bridgehead atoms. The molecular weight excluding hydrogens is 444 g/mol. The van der Waals surface area contributed by atoms with Crippen LogP contribution in [0, 0.1) is 5.92 Å². The number of hydrogen-bond donors (Lipinski definition) is 5. The first-order valence-corrected chi connectivity index (χ1v) is 12.7. The maximum Gasteiger partial charge on any atom is 0.409 e. The first-order valence-electron chi connectivity index (χ1n) is 12.7. The molecule has 10 heteroatoms. The van der Waals surface area contributed by atoms with Crippen LogP contribution in [0.2, 0.25) is 0 Å². The van der Waals surface area contributed by atoms with Crippen molar-refractivity contribution in [2.24, 2.45) is 5.92 Å². The van der Waals surface area contributed by atoms with Gasteiger partial charge in [-0.2, -0.15) is 0 Å². The van der Waals surface area contributed by atoms with Gasteiger partial charge in [-0.05, 0) is 18.8 Å². The average Bonchev–Trinajstić information content (AvgIpc) is 2.82. The molecule has 202 valence electrons. The Bertz CT molecular complexity index is 507. The van der Waals surface area contributed by atoms with Gasteiger partial charge in [-0.15, -0.1) is 0 Å². The number of aliphatic hydroxyl groups excluding tert-OH is 4. The van der Waals surface area contributed by atoms with Crippen molar-refractivity contribution >= 4 is 12.2 Å². The number of carbonyl (C=O) groups is 2. The number of hydrogen-bond acceptors (Lipinski definition) is 8. The normalized spacial score (nSPS) is 12.9. The molecule has 0 aromatic rings. The summed E-state index contributed by atoms with van der Waals surface area (Å²) >= 11 is 0. The Morgan fingerprint density at radius 3 is 1.82 bits per heavy atom. The number of aliphatic hydroxyl groups is 4. The fourth-order valence-corrected chi connectivity index (χ4v) is 3.26. The second-order valence-corrected chi connectivity index (χ2v) is 9.13. The lowest BCUT2D eigenvalue weighted by atomic mass is 10.0. The molecule has 0 rings (SSSR count). The molecule has 0 aliphatic carbocycles. The smallest absolute Gasteiger partial charge is 0.409 e. The second kappa shape index (κ2) is 21.9. The standard InChI is InChI=1S/C24H48N2O8/c1-20(2)12-9-7-5-3-4-6-8-10-14-26(24(32)34-19-22(30)17-28)15-11-13-25-23(31)33-18-21(29)16-27/h20-22,27-30H,3-19H2,1-2H3,(H,25,31). The molecule has 0 aliphatic heterocycles. The van der Waals surface area contributed by atoms with Crippen LogP contribution in [0.15, 0.2) is 0 Å². The summed E-state index contributed by atoms with van der Waals surface area (Å²) in [5, 5.41) is 38.7. The number of amides is 2. The van der Waals surface area contributed by atoms with E-state index >= 15 is 0 Å². The van der Waals surface area contributed by atoms with Crippen molar-refractivity contribution in [2.45, 2.75) is 90.3 Å². The highest BCUT2D eigenvalue weighted by Crippen LogP contribution is 2.13. The molecule has 2 unspecified atom stereocenters. The van der Waals surface area contributed by atoms with Gasteiger partial charge < -0.3 is 40.1 Å². The largest absolute Gasteiger partial charge is 0.447 e. The average molecular weight is 493 g/mol. The zero-order valence-corrected chi connectivity index (χ0v) is 21.1. The van der Waals surface area contributed by atoms with Crippen LogP contribution in [0.1, 0.15) is 78.1 Å². The zero-order valence-electron chi connectivity index (χ0n) is 21.1. The van der Waals surface area contributed by atoms with Gasteiger partial charge in [0.15, 0.2) is 0 Å². The van der Waals surface area contributed by atoms with Gasteiger partial charge in [0.05, 0.1) is 13.2 Å². The van der Waals surface area contributed by atoms with Crippen LogP contribution >= 0.6 is 0 Å². The van der Waals surface area contributed by atoms with Crippen molar-refractivity contribution in [3.05, 3.63) is 0 Å². The molecule has 5 N–H and O–H groups in total. The predicted molar refractivity (Wildman–Crippen MR) is 129 cm³/mol. The Labute approximate surface area is 204 Å². The van der Waals surface area contributed by atoms with E-state index in [1.165, 1.54) is 38.5 Å². The van der Waals surface area contributed by atoms with Crippen molar-refractivity contribution in [3.8, 4) is 0 Å². The molecule has 0 heterocycles. The van der Waals surface area contributed by atoms with Crippen LogP contribution in [0.25, 0.3) is 0 Å². The summed E-state index contributed by atoms with van der Waals surface area (Å²) < 4.78 is 9.83. The minimum atomic E-state index is -1.12. The lowest BCUT2D eigenvalue weighted by Gasteiger charge is -2.23. The highest BCUT2D eigenvalue weighted by Gasteiger charge is 2.16. The number of rotatable bonds is 21. The molecule has 0 aliphatic rings. The van der Waals surface area contributed by atoms with Crippen molar-refractivity contribution in [1.82, 2.24) is 10.2 Å². The fourth-order valence-electron chi connectivity index (χ4n) is 3.26. The number of unbranched alkanes of at least 4 members (excludes halogenated alkanes) is 7. The third-order valence-corrected chi connectivity index (χ3v) is 5.32. The first-order chi connectivity index (χ1) is 16.3. The number of nitrogens with zero attached hydrogens (tertiary/aromatic N) is 1. The summed E-state index contributed by atoms with van der Waals surface area (Å²) in [5.41, 5.74) is 0. The highest BCUT2D eigenvalue weighted by atomic mass is 16.6. The molecule has 0 saturated heterocycles. The minimum Gasteiger partial charge on any atom is -0.447 e. The first kappa shape index (κ1) is 32.4. The summed E-state index contributed by atoms with van der Waals surface area (Å²) in [6.07, 6.45) is 7.50. The van der Waals surface area contributed by atoms with E-state index in [0.717, 1.165) is 25.2 Å². The van der Waals surface area contributed by atoms with Gasteiger partial charge in [-0.25, -0.2) is 9.59 Å². The topological polar surface area (TPSA) is 149 Å². The number of ether oxygens (including phenoxy) is 2. The quantitative estimate of drug-likeness (QED) is 0.153. The van der Waals surface area contributed by atoms with E-state index in [-0.39, 0.29) is 19.8 Å². The van der Waals surface area contributed by atoms with Gasteiger partial charge in [0.2, 0.25) is 0 Å². The van der Waals surface area contributed by atoms with Crippen LogP contribution in [-0.2, 0) is 9.47 Å². The van der Waals surface area contributed by atoms with Crippen molar-refractivity contribution in [2.75, 3.05) is 46.1 Å². The van der Waals surface area contributed by atoms with E-state index in [1.54, 1.807) is 4.90 Å². The highest BCUT2D eigenvalue weighted by molar-refractivity contribution is 5.68. The maximum absolute atomic E-state index is 12.4. The summed E-state index contributed by atoms with van der Waals surface area (Å²) in [7, 11) is 0. The predicted octanol–water partition coefficient (Wildman–Crippen LogP) is 2.41. The minimum absolute atomic E-state index is 0.258. The summed E-state index contributed by atoms with van der Waals surface area (Å²) in [4.78, 5) is 25.5. The van der Waals surface area contributed by atoms with E-state index in [1.807, 2.05) is 0 Å². The van der Waals surface area contributed by atoms with Crippen molar-refractivity contribution < 1.29 is 39.5 Å². The molecule has 0 saturated carbocycles. The molecule has 34 heavy (non-hydrogen) atoms. The third kappa shape index (κ3) is 19.8. The summed E-state index contributed by atoms with van der Waals surface area (Å²) in [6.45, 7) is 4.07. The maximum atomic E-state index is 12.4. The van der Waals surface area contributed by atoms with Gasteiger partial charge in [-0.1, -0.05) is 65.2 Å². The van der Waals surface area contributed by atoms with Crippen LogP contribution in [-0.4, -0.2) is 95.8 Å². The van der Waals surface area contributed by atoms with Crippen LogP contribution in [0.5, 0.6) is 0 Å². The number of alkyl carbamates (subject to hydrolysis) is 1. The van der Waals surface area contributed by atoms with Crippen LogP contribution < -0.4 is 5.32 Å². The van der Waals surface area contributed by atoms with E-state index < -0.39 is 37.6 Å². The Balaban J connectivity index is 4.17. The number of carbonyl (C=O) groups excluding carboxylic acids is 2. The molecule has 0 aromatic heterocycles. The van der Waals surface area contributed by atoms with Gasteiger partial charge in [0, 0.05) is 19.6 Å². The molecular formula is C24H48N2O8. The van der Waals surface area contributed by atoms with Gasteiger partial charge in [-0.3, -0.25) is 0 Å². The number of nitrogens with one attached hydrogen (secondary N) is 1. The third-order valence-electron chi connectivity index (χ3n) is 5.32. The van der Waals surface area contributed by atoms with Gasteiger partial charge in [0.1, 0.15) is 25.4 Å². The second-order valence-electron chi connectivity index (χ2n) is 9.13. The van der Waals surface area contributed by atoms with Crippen molar-refractivity contribution in [3.63, 3.8) is 0 Å². The Kier molecular flexibility index (Phi) is 20.8. The van der Waals surface area contributed by atoms with Crippen LogP contribution in [0.4, 0.5) is 9.59 Å². The van der Waals surface area contributed by atoms with E-state index in [0.29, 0.717) is 19.5 Å². The fraction of sp³-hybridized carbons (Fsp3) is 0.917. The molecule has 0 spiro atoms. The van der Waals surface area contributed by atoms with Crippen LogP contribution in [0.3, 0.4) is 0 Å². The van der Waals surface area contributed by atoms with Gasteiger partial charge >= 0.3 is 12.2 Å². The zero-order chi connectivity index (χ0) is 25.6. The Morgan fingerprint density at radius 1 is 0.765 bits per heavy atom. The Hall–Kier alpha value is -1.62. The van der Waals surface area contributed by atoms with E-state index in [9.17, 15) is 19.8 Å². The molecule has 10 nitrogen and oxygen atoms in total.